The maximum atomic E-state index is 3.63. The number of hydrogen-bond acceptors (Lipinski definition) is 2. The Morgan fingerprint density at radius 1 is 1.29 bits per heavy atom. The van der Waals surface area contributed by atoms with Crippen LogP contribution in [0.1, 0.15) is 12.8 Å². The van der Waals surface area contributed by atoms with Crippen LogP contribution in [0.25, 0.3) is 0 Å². The Balaban J connectivity index is 1.86. The van der Waals surface area contributed by atoms with E-state index in [4.69, 9.17) is 0 Å². The van der Waals surface area contributed by atoms with Gasteiger partial charge in [-0.3, -0.25) is 5.32 Å². The summed E-state index contributed by atoms with van der Waals surface area (Å²) in [6.45, 7) is 1.21. The molecular formula is C12H16N2. The van der Waals surface area contributed by atoms with Crippen molar-refractivity contribution >= 4 is 5.69 Å². The van der Waals surface area contributed by atoms with E-state index in [0.717, 1.165) is 5.92 Å². The Hall–Kier alpha value is -1.02. The Morgan fingerprint density at radius 2 is 2.00 bits per heavy atom. The lowest BCUT2D eigenvalue weighted by Crippen LogP contribution is -2.56. The Bertz CT molecular complexity index is 322. The number of hydrogen-bond donors (Lipinski definition) is 1. The van der Waals surface area contributed by atoms with Gasteiger partial charge in [-0.15, -0.1) is 0 Å². The van der Waals surface area contributed by atoms with Crippen molar-refractivity contribution in [1.29, 1.82) is 0 Å². The monoisotopic (exact) mass is 188 g/mol. The molecule has 1 aliphatic carbocycles. The quantitative estimate of drug-likeness (QED) is 0.761. The molecule has 0 spiro atoms. The molecule has 1 saturated carbocycles. The van der Waals surface area contributed by atoms with Crippen LogP contribution in [0.5, 0.6) is 0 Å². The van der Waals surface area contributed by atoms with Crippen molar-refractivity contribution in [1.82, 2.24) is 5.32 Å². The van der Waals surface area contributed by atoms with Gasteiger partial charge in [0.15, 0.2) is 0 Å². The highest BCUT2D eigenvalue weighted by Gasteiger charge is 2.52. The van der Waals surface area contributed by atoms with Gasteiger partial charge >= 0.3 is 0 Å². The summed E-state index contributed by atoms with van der Waals surface area (Å²) in [5.41, 5.74) is 1.60. The van der Waals surface area contributed by atoms with Crippen LogP contribution in [0.2, 0.25) is 0 Å². The minimum atomic E-state index is 0.284. The van der Waals surface area contributed by atoms with Gasteiger partial charge in [0.25, 0.3) is 0 Å². The van der Waals surface area contributed by atoms with E-state index in [1.54, 1.807) is 0 Å². The highest BCUT2D eigenvalue weighted by atomic mass is 15.4. The maximum absolute atomic E-state index is 3.63. The van der Waals surface area contributed by atoms with Crippen molar-refractivity contribution < 1.29 is 0 Å². The summed E-state index contributed by atoms with van der Waals surface area (Å²) in [5.74, 6) is 0.932. The van der Waals surface area contributed by atoms with E-state index in [0.29, 0.717) is 0 Å². The topological polar surface area (TPSA) is 15.3 Å². The number of anilines is 1. The average Bonchev–Trinajstić information content (AvgIpc) is 2.77. The second-order valence-corrected chi connectivity index (χ2v) is 4.58. The molecule has 1 N–H and O–H groups in total. The normalized spacial score (nSPS) is 33.9. The zero-order valence-electron chi connectivity index (χ0n) is 8.53. The predicted octanol–water partition coefficient (Wildman–Crippen LogP) is 1.83. The molecule has 2 bridgehead atoms. The van der Waals surface area contributed by atoms with E-state index < -0.39 is 0 Å². The molecule has 0 atom stereocenters. The smallest absolute Gasteiger partial charge is 0.0911 e. The number of nitrogens with one attached hydrogen (secondary N) is 1. The Morgan fingerprint density at radius 3 is 2.57 bits per heavy atom. The summed E-state index contributed by atoms with van der Waals surface area (Å²) in [4.78, 5) is 2.40. The third-order valence-electron chi connectivity index (χ3n) is 3.76. The van der Waals surface area contributed by atoms with E-state index in [1.165, 1.54) is 25.1 Å². The van der Waals surface area contributed by atoms with E-state index in [9.17, 15) is 0 Å². The third kappa shape index (κ3) is 1.01. The lowest BCUT2D eigenvalue weighted by molar-refractivity contribution is 0.224. The maximum Gasteiger partial charge on any atom is 0.0911 e. The number of rotatable bonds is 2. The molecule has 4 rings (SSSR count). The van der Waals surface area contributed by atoms with Gasteiger partial charge < -0.3 is 4.90 Å². The zero-order valence-corrected chi connectivity index (χ0v) is 8.53. The fourth-order valence-corrected chi connectivity index (χ4v) is 2.81. The largest absolute Gasteiger partial charge is 0.356 e. The van der Waals surface area contributed by atoms with Gasteiger partial charge in [-0.05, 0) is 30.9 Å². The van der Waals surface area contributed by atoms with Crippen LogP contribution in [0.15, 0.2) is 30.3 Å². The highest BCUT2D eigenvalue weighted by Crippen LogP contribution is 2.46. The van der Waals surface area contributed by atoms with Gasteiger partial charge in [-0.1, -0.05) is 18.2 Å². The molecule has 2 heterocycles. The Labute approximate surface area is 84.9 Å². The molecule has 74 valence electrons. The van der Waals surface area contributed by atoms with Gasteiger partial charge in [-0.25, -0.2) is 0 Å². The molecule has 2 saturated heterocycles. The number of para-hydroxylation sites is 1. The summed E-state index contributed by atoms with van der Waals surface area (Å²) in [7, 11) is 2.20. The zero-order chi connectivity index (χ0) is 9.60. The van der Waals surface area contributed by atoms with E-state index in [2.05, 4.69) is 47.6 Å². The first-order valence-electron chi connectivity index (χ1n) is 5.34. The molecular weight excluding hydrogens is 172 g/mol. The molecule has 0 radical (unpaired) electrons. The standard InChI is InChI=1S/C12H16N2/c1-14(11-5-3-2-4-6-11)12-7-10(8-12)9-13-12/h2-6,10,13H,7-9H2,1H3. The van der Waals surface area contributed by atoms with Gasteiger partial charge in [0.1, 0.15) is 0 Å². The third-order valence-corrected chi connectivity index (χ3v) is 3.76. The van der Waals surface area contributed by atoms with Crippen LogP contribution in [0, 0.1) is 5.92 Å². The summed E-state index contributed by atoms with van der Waals surface area (Å²) in [6, 6.07) is 10.6. The minimum absolute atomic E-state index is 0.284. The van der Waals surface area contributed by atoms with Crippen molar-refractivity contribution in [2.75, 3.05) is 18.5 Å². The van der Waals surface area contributed by atoms with Crippen molar-refractivity contribution in [3.63, 3.8) is 0 Å². The molecule has 3 aliphatic rings. The summed E-state index contributed by atoms with van der Waals surface area (Å²) in [6.07, 6.45) is 2.64. The minimum Gasteiger partial charge on any atom is -0.356 e. The second-order valence-electron chi connectivity index (χ2n) is 4.58. The lowest BCUT2D eigenvalue weighted by atomic mass is 9.79. The fourth-order valence-electron chi connectivity index (χ4n) is 2.81. The van der Waals surface area contributed by atoms with Gasteiger partial charge in [-0.2, -0.15) is 0 Å². The molecule has 0 amide bonds. The first kappa shape index (κ1) is 8.30. The summed E-state index contributed by atoms with van der Waals surface area (Å²) in [5, 5.41) is 3.63. The first-order valence-corrected chi connectivity index (χ1v) is 5.34. The van der Waals surface area contributed by atoms with Crippen LogP contribution >= 0.6 is 0 Å². The van der Waals surface area contributed by atoms with Crippen LogP contribution in [0.3, 0.4) is 0 Å². The SMILES string of the molecule is CN(c1ccccc1)C12CC(CN1)C2. The molecule has 0 aromatic heterocycles. The fraction of sp³-hybridized carbons (Fsp3) is 0.500. The van der Waals surface area contributed by atoms with E-state index in [1.807, 2.05) is 0 Å². The number of fused-ring (bicyclic) bond motifs is 1. The first-order chi connectivity index (χ1) is 6.80. The van der Waals surface area contributed by atoms with Crippen LogP contribution < -0.4 is 10.2 Å². The van der Waals surface area contributed by atoms with Gasteiger partial charge in [0, 0.05) is 19.3 Å². The molecule has 0 unspecified atom stereocenters. The Kier molecular flexibility index (Phi) is 1.62. The molecule has 14 heavy (non-hydrogen) atoms. The van der Waals surface area contributed by atoms with Crippen LogP contribution in [-0.4, -0.2) is 19.3 Å². The van der Waals surface area contributed by atoms with Crippen molar-refractivity contribution in [2.45, 2.75) is 18.5 Å². The molecule has 2 aliphatic heterocycles. The van der Waals surface area contributed by atoms with Crippen molar-refractivity contribution in [3.8, 4) is 0 Å². The molecule has 3 fully saturated rings. The van der Waals surface area contributed by atoms with E-state index >= 15 is 0 Å². The molecule has 1 aromatic carbocycles. The summed E-state index contributed by atoms with van der Waals surface area (Å²) >= 11 is 0. The van der Waals surface area contributed by atoms with Crippen LogP contribution in [0.4, 0.5) is 5.69 Å². The number of nitrogens with zero attached hydrogens (tertiary/aromatic N) is 1. The van der Waals surface area contributed by atoms with Gasteiger partial charge in [0.2, 0.25) is 0 Å². The lowest BCUT2D eigenvalue weighted by Gasteiger charge is -2.46. The second kappa shape index (κ2) is 2.74. The molecule has 1 aromatic rings. The number of benzene rings is 1. The van der Waals surface area contributed by atoms with Crippen molar-refractivity contribution in [2.24, 2.45) is 5.92 Å². The molecule has 2 nitrogen and oxygen atoms in total. The average molecular weight is 188 g/mol. The van der Waals surface area contributed by atoms with Crippen molar-refractivity contribution in [3.05, 3.63) is 30.3 Å². The van der Waals surface area contributed by atoms with E-state index in [-0.39, 0.29) is 5.66 Å². The predicted molar refractivity (Wildman–Crippen MR) is 58.3 cm³/mol. The van der Waals surface area contributed by atoms with Crippen LogP contribution in [-0.2, 0) is 0 Å². The van der Waals surface area contributed by atoms with Gasteiger partial charge in [0.05, 0.1) is 5.66 Å². The molecule has 2 heteroatoms. The highest BCUT2D eigenvalue weighted by molar-refractivity contribution is 5.49. The summed E-state index contributed by atoms with van der Waals surface area (Å²) < 4.78 is 0.